The minimum atomic E-state index is -0.232. The highest BCUT2D eigenvalue weighted by molar-refractivity contribution is 5.94. The van der Waals surface area contributed by atoms with Gasteiger partial charge in [-0.1, -0.05) is 18.1 Å². The number of nitrogens with zero attached hydrogens (tertiary/aromatic N) is 3. The van der Waals surface area contributed by atoms with Crippen LogP contribution in [-0.2, 0) is 0 Å². The minimum Gasteiger partial charge on any atom is -0.364 e. The van der Waals surface area contributed by atoms with Crippen molar-refractivity contribution < 1.29 is 4.79 Å². The average molecular weight is 345 g/mol. The standard InChI is InChI=1S/C20H19N5O/c1-3-11-21-20(26)17-7-10-19(22-14-17)24-15(2)16-5-8-18(9-6-16)25-13-4-12-23-25/h1,4-10,12-15H,11H2,2H3,(H,21,26)(H,22,24). The van der Waals surface area contributed by atoms with E-state index in [2.05, 4.69) is 45.7 Å². The van der Waals surface area contributed by atoms with Crippen molar-refractivity contribution in [3.05, 3.63) is 72.2 Å². The zero-order valence-electron chi connectivity index (χ0n) is 14.4. The number of aromatic nitrogens is 3. The molecular weight excluding hydrogens is 326 g/mol. The summed E-state index contributed by atoms with van der Waals surface area (Å²) in [5, 5.41) is 10.2. The van der Waals surface area contributed by atoms with E-state index in [4.69, 9.17) is 6.42 Å². The molecule has 3 rings (SSSR count). The maximum Gasteiger partial charge on any atom is 0.253 e. The number of hydrogen-bond acceptors (Lipinski definition) is 4. The van der Waals surface area contributed by atoms with Gasteiger partial charge in [0.2, 0.25) is 0 Å². The van der Waals surface area contributed by atoms with Gasteiger partial charge in [-0.05, 0) is 42.8 Å². The number of terminal acetylenes is 1. The minimum absolute atomic E-state index is 0.0651. The number of rotatable bonds is 6. The van der Waals surface area contributed by atoms with E-state index in [0.717, 1.165) is 11.3 Å². The largest absolute Gasteiger partial charge is 0.364 e. The zero-order valence-corrected chi connectivity index (χ0v) is 14.4. The van der Waals surface area contributed by atoms with Crippen LogP contribution in [0.5, 0.6) is 0 Å². The summed E-state index contributed by atoms with van der Waals surface area (Å²) in [5.41, 5.74) is 2.60. The molecule has 6 heteroatoms. The summed E-state index contributed by atoms with van der Waals surface area (Å²) in [6, 6.07) is 13.6. The summed E-state index contributed by atoms with van der Waals surface area (Å²) in [6.07, 6.45) is 10.3. The first-order chi connectivity index (χ1) is 12.7. The molecule has 0 fully saturated rings. The summed E-state index contributed by atoms with van der Waals surface area (Å²) in [5.74, 6) is 2.83. The van der Waals surface area contributed by atoms with Gasteiger partial charge >= 0.3 is 0 Å². The van der Waals surface area contributed by atoms with Gasteiger partial charge in [-0.15, -0.1) is 6.42 Å². The number of benzene rings is 1. The van der Waals surface area contributed by atoms with Gasteiger partial charge in [0, 0.05) is 24.6 Å². The van der Waals surface area contributed by atoms with Crippen LogP contribution in [0.3, 0.4) is 0 Å². The van der Waals surface area contributed by atoms with Gasteiger partial charge in [0.25, 0.3) is 5.91 Å². The normalized spacial score (nSPS) is 11.4. The first kappa shape index (κ1) is 17.2. The molecule has 130 valence electrons. The molecule has 6 nitrogen and oxygen atoms in total. The topological polar surface area (TPSA) is 71.8 Å². The molecule has 2 N–H and O–H groups in total. The molecule has 1 aromatic carbocycles. The summed E-state index contributed by atoms with van der Waals surface area (Å²) in [4.78, 5) is 16.1. The van der Waals surface area contributed by atoms with Crippen LogP contribution in [0, 0.1) is 12.3 Å². The Labute approximate surface area is 152 Å². The van der Waals surface area contributed by atoms with E-state index >= 15 is 0 Å². The number of nitrogens with one attached hydrogen (secondary N) is 2. The van der Waals surface area contributed by atoms with Crippen molar-refractivity contribution in [1.29, 1.82) is 0 Å². The smallest absolute Gasteiger partial charge is 0.253 e. The second-order valence-electron chi connectivity index (χ2n) is 5.73. The third kappa shape index (κ3) is 4.08. The lowest BCUT2D eigenvalue weighted by Gasteiger charge is -2.15. The van der Waals surface area contributed by atoms with E-state index in [9.17, 15) is 4.79 Å². The van der Waals surface area contributed by atoms with Crippen molar-refractivity contribution in [2.45, 2.75) is 13.0 Å². The quantitative estimate of drug-likeness (QED) is 0.674. The van der Waals surface area contributed by atoms with E-state index in [-0.39, 0.29) is 18.5 Å². The van der Waals surface area contributed by atoms with Crippen molar-refractivity contribution in [2.24, 2.45) is 0 Å². The van der Waals surface area contributed by atoms with Crippen LogP contribution >= 0.6 is 0 Å². The molecule has 0 saturated carbocycles. The molecule has 0 aliphatic carbocycles. The van der Waals surface area contributed by atoms with Gasteiger partial charge in [0.15, 0.2) is 0 Å². The number of hydrogen-bond donors (Lipinski definition) is 2. The summed E-state index contributed by atoms with van der Waals surface area (Å²) in [6.45, 7) is 2.25. The first-order valence-electron chi connectivity index (χ1n) is 8.21. The van der Waals surface area contributed by atoms with Crippen LogP contribution in [0.4, 0.5) is 5.82 Å². The third-order valence-electron chi connectivity index (χ3n) is 3.90. The zero-order chi connectivity index (χ0) is 18.4. The van der Waals surface area contributed by atoms with Gasteiger partial charge in [-0.3, -0.25) is 4.79 Å². The van der Waals surface area contributed by atoms with Gasteiger partial charge in [0.1, 0.15) is 5.82 Å². The monoisotopic (exact) mass is 345 g/mol. The van der Waals surface area contributed by atoms with E-state index in [1.54, 1.807) is 18.3 Å². The average Bonchev–Trinajstić information content (AvgIpc) is 3.21. The molecule has 2 heterocycles. The van der Waals surface area contributed by atoms with E-state index in [0.29, 0.717) is 11.4 Å². The second kappa shape index (κ2) is 7.99. The number of pyridine rings is 1. The maximum absolute atomic E-state index is 11.8. The highest BCUT2D eigenvalue weighted by atomic mass is 16.1. The lowest BCUT2D eigenvalue weighted by atomic mass is 10.1. The van der Waals surface area contributed by atoms with Crippen LogP contribution in [0.15, 0.2) is 61.1 Å². The predicted molar refractivity (Wildman–Crippen MR) is 101 cm³/mol. The Morgan fingerprint density at radius 2 is 2.08 bits per heavy atom. The summed E-state index contributed by atoms with van der Waals surface area (Å²) < 4.78 is 1.81. The molecule has 1 atom stereocenters. The highest BCUT2D eigenvalue weighted by Crippen LogP contribution is 2.19. The fourth-order valence-electron chi connectivity index (χ4n) is 2.49. The predicted octanol–water partition coefficient (Wildman–Crippen LogP) is 2.80. The third-order valence-corrected chi connectivity index (χ3v) is 3.90. The van der Waals surface area contributed by atoms with Gasteiger partial charge < -0.3 is 10.6 Å². The Hall–Kier alpha value is -3.59. The molecule has 0 aliphatic rings. The fourth-order valence-corrected chi connectivity index (χ4v) is 2.49. The Balaban J connectivity index is 1.63. The molecule has 0 bridgehead atoms. The SMILES string of the molecule is C#CCNC(=O)c1ccc(NC(C)c2ccc(-n3cccn3)cc2)nc1. The number of carbonyl (C=O) groups is 1. The Morgan fingerprint density at radius 1 is 1.27 bits per heavy atom. The number of anilines is 1. The van der Waals surface area contributed by atoms with Crippen LogP contribution in [0.2, 0.25) is 0 Å². The van der Waals surface area contributed by atoms with Gasteiger partial charge in [-0.25, -0.2) is 9.67 Å². The lowest BCUT2D eigenvalue weighted by molar-refractivity contribution is 0.0958. The molecule has 0 radical (unpaired) electrons. The Morgan fingerprint density at radius 3 is 2.69 bits per heavy atom. The van der Waals surface area contributed by atoms with Crippen LogP contribution in [0.25, 0.3) is 5.69 Å². The highest BCUT2D eigenvalue weighted by Gasteiger charge is 2.09. The van der Waals surface area contributed by atoms with Crippen molar-refractivity contribution in [3.8, 4) is 18.0 Å². The van der Waals surface area contributed by atoms with Crippen LogP contribution < -0.4 is 10.6 Å². The second-order valence-corrected chi connectivity index (χ2v) is 5.73. The van der Waals surface area contributed by atoms with Crippen molar-refractivity contribution in [2.75, 3.05) is 11.9 Å². The maximum atomic E-state index is 11.8. The Kier molecular flexibility index (Phi) is 5.30. The molecule has 0 saturated heterocycles. The Bertz CT molecular complexity index is 893. The van der Waals surface area contributed by atoms with Crippen LogP contribution in [0.1, 0.15) is 28.9 Å². The van der Waals surface area contributed by atoms with Gasteiger partial charge in [-0.2, -0.15) is 5.10 Å². The van der Waals surface area contributed by atoms with E-state index in [1.165, 1.54) is 6.20 Å². The van der Waals surface area contributed by atoms with Crippen molar-refractivity contribution in [1.82, 2.24) is 20.1 Å². The van der Waals surface area contributed by atoms with Crippen molar-refractivity contribution in [3.63, 3.8) is 0 Å². The lowest BCUT2D eigenvalue weighted by Crippen LogP contribution is -2.23. The fraction of sp³-hybridized carbons (Fsp3) is 0.150. The van der Waals surface area contributed by atoms with E-state index in [1.807, 2.05) is 29.1 Å². The molecule has 0 aliphatic heterocycles. The molecule has 26 heavy (non-hydrogen) atoms. The molecule has 1 amide bonds. The molecule has 1 unspecified atom stereocenters. The molecule has 3 aromatic rings. The number of carbonyl (C=O) groups excluding carboxylic acids is 1. The molecule has 0 spiro atoms. The number of amides is 1. The first-order valence-corrected chi connectivity index (χ1v) is 8.21. The van der Waals surface area contributed by atoms with Gasteiger partial charge in [0.05, 0.1) is 17.8 Å². The molecule has 2 aromatic heterocycles. The van der Waals surface area contributed by atoms with E-state index < -0.39 is 0 Å². The molecular formula is C20H19N5O. The van der Waals surface area contributed by atoms with Crippen LogP contribution in [-0.4, -0.2) is 27.2 Å². The van der Waals surface area contributed by atoms with Crippen molar-refractivity contribution >= 4 is 11.7 Å². The summed E-state index contributed by atoms with van der Waals surface area (Å²) >= 11 is 0. The summed E-state index contributed by atoms with van der Waals surface area (Å²) in [7, 11) is 0.